The zero-order chi connectivity index (χ0) is 29.6. The first-order valence-electron chi connectivity index (χ1n) is 12.1. The van der Waals surface area contributed by atoms with Crippen molar-refractivity contribution in [2.24, 2.45) is 0 Å². The molecule has 8 atom stereocenters. The Bertz CT molecular complexity index is 1080. The number of hydrogen-bond acceptors (Lipinski definition) is 14. The van der Waals surface area contributed by atoms with Gasteiger partial charge in [0.2, 0.25) is 0 Å². The van der Waals surface area contributed by atoms with E-state index in [1.165, 1.54) is 25.1 Å². The van der Waals surface area contributed by atoms with E-state index in [1.807, 2.05) is 0 Å². The summed E-state index contributed by atoms with van der Waals surface area (Å²) in [6.45, 7) is 2.38. The van der Waals surface area contributed by atoms with E-state index in [4.69, 9.17) is 10.2 Å². The number of fused-ring (bicyclic) bond motifs is 1. The van der Waals surface area contributed by atoms with Crippen molar-refractivity contribution < 1.29 is 60.7 Å². The van der Waals surface area contributed by atoms with Gasteiger partial charge in [-0.25, -0.2) is 0 Å². The third kappa shape index (κ3) is 7.06. The zero-order valence-corrected chi connectivity index (χ0v) is 21.2. The lowest BCUT2D eigenvalue weighted by Crippen LogP contribution is -2.48. The van der Waals surface area contributed by atoms with Crippen LogP contribution in [0.4, 0.5) is 11.4 Å². The monoisotopic (exact) mass is 556 g/mol. The Labute approximate surface area is 223 Å². The minimum atomic E-state index is -1.87. The molecule has 2 rings (SSSR count). The summed E-state index contributed by atoms with van der Waals surface area (Å²) in [4.78, 5) is 26.6. The highest BCUT2D eigenvalue weighted by Crippen LogP contribution is 2.36. The molecule has 0 spiro atoms. The molecule has 12 N–H and O–H groups in total. The summed E-state index contributed by atoms with van der Waals surface area (Å²) >= 11 is 0. The second-order valence-electron chi connectivity index (χ2n) is 9.17. The van der Waals surface area contributed by atoms with Crippen LogP contribution in [0.25, 0.3) is 0 Å². The topological polar surface area (TPSA) is 260 Å². The molecular formula is C25H36N2O12. The van der Waals surface area contributed by atoms with E-state index in [1.54, 1.807) is 0 Å². The molecule has 1 aromatic carbocycles. The first-order chi connectivity index (χ1) is 18.3. The molecule has 218 valence electrons. The van der Waals surface area contributed by atoms with Crippen molar-refractivity contribution in [3.05, 3.63) is 47.1 Å². The van der Waals surface area contributed by atoms with E-state index in [0.29, 0.717) is 0 Å². The Hall–Kier alpha value is -2.76. The molecule has 0 saturated heterocycles. The number of hydrogen-bond donors (Lipinski definition) is 12. The van der Waals surface area contributed by atoms with Crippen LogP contribution in [0.2, 0.25) is 0 Å². The van der Waals surface area contributed by atoms with Gasteiger partial charge in [-0.3, -0.25) is 9.59 Å². The molecule has 0 amide bonds. The molecule has 0 aromatic heterocycles. The van der Waals surface area contributed by atoms with Gasteiger partial charge in [-0.1, -0.05) is 12.7 Å². The van der Waals surface area contributed by atoms with Crippen molar-refractivity contribution >= 4 is 22.9 Å². The molecule has 8 unspecified atom stereocenters. The van der Waals surface area contributed by atoms with Crippen LogP contribution >= 0.6 is 0 Å². The Morgan fingerprint density at radius 1 is 0.692 bits per heavy atom. The van der Waals surface area contributed by atoms with E-state index in [2.05, 4.69) is 17.2 Å². The van der Waals surface area contributed by atoms with Crippen molar-refractivity contribution in [1.82, 2.24) is 0 Å². The van der Waals surface area contributed by atoms with Crippen LogP contribution in [0.3, 0.4) is 0 Å². The Morgan fingerprint density at radius 3 is 1.41 bits per heavy atom. The lowest BCUT2D eigenvalue weighted by Gasteiger charge is -2.28. The van der Waals surface area contributed by atoms with Crippen LogP contribution in [-0.4, -0.2) is 138 Å². The Balaban J connectivity index is 2.36. The quantitative estimate of drug-likeness (QED) is 0.0991. The van der Waals surface area contributed by atoms with E-state index in [0.717, 1.165) is 0 Å². The number of allylic oxidation sites excluding steroid dienone is 3. The summed E-state index contributed by atoms with van der Waals surface area (Å²) < 4.78 is 0. The van der Waals surface area contributed by atoms with E-state index >= 15 is 0 Å². The van der Waals surface area contributed by atoms with E-state index in [9.17, 15) is 50.4 Å². The SMILES string of the molecule is C=CC1=C(C)C(=O)c2c(NCC(O)C(O)C(O)C(O)CO)ccc(NCC(O)C(O)C(O)C(O)CO)c2C1=O. The molecule has 14 nitrogen and oxygen atoms in total. The molecule has 0 aliphatic heterocycles. The van der Waals surface area contributed by atoms with Crippen LogP contribution in [0, 0.1) is 0 Å². The van der Waals surface area contributed by atoms with Gasteiger partial charge >= 0.3 is 0 Å². The summed E-state index contributed by atoms with van der Waals surface area (Å²) in [6, 6.07) is 2.72. The number of carbonyl (C=O) groups is 2. The van der Waals surface area contributed by atoms with Crippen molar-refractivity contribution in [1.29, 1.82) is 0 Å². The third-order valence-corrected chi connectivity index (χ3v) is 6.51. The summed E-state index contributed by atoms with van der Waals surface area (Å²) in [7, 11) is 0. The summed E-state index contributed by atoms with van der Waals surface area (Å²) in [5.74, 6) is -1.17. The highest BCUT2D eigenvalue weighted by molar-refractivity contribution is 6.31. The number of benzene rings is 1. The zero-order valence-electron chi connectivity index (χ0n) is 21.2. The second-order valence-corrected chi connectivity index (χ2v) is 9.17. The molecular weight excluding hydrogens is 520 g/mol. The van der Waals surface area contributed by atoms with Gasteiger partial charge in [-0.05, 0) is 19.1 Å². The fourth-order valence-corrected chi connectivity index (χ4v) is 4.03. The summed E-state index contributed by atoms with van der Waals surface area (Å²) in [5.41, 5.74) is -0.00810. The van der Waals surface area contributed by atoms with E-state index in [-0.39, 0.29) is 33.6 Å². The number of rotatable bonds is 15. The average Bonchev–Trinajstić information content (AvgIpc) is 2.94. The van der Waals surface area contributed by atoms with Crippen molar-refractivity contribution in [3.63, 3.8) is 0 Å². The number of ketones is 2. The Kier molecular flexibility index (Phi) is 11.7. The van der Waals surface area contributed by atoms with Crippen molar-refractivity contribution in [2.75, 3.05) is 36.9 Å². The number of Topliss-reactive ketones (excluding diaryl/α,β-unsaturated/α-hetero) is 2. The number of anilines is 2. The van der Waals surface area contributed by atoms with Gasteiger partial charge in [0.05, 0.1) is 36.5 Å². The lowest BCUT2D eigenvalue weighted by molar-refractivity contribution is -0.111. The molecule has 0 fully saturated rings. The summed E-state index contributed by atoms with van der Waals surface area (Å²) in [5, 5.41) is 103. The lowest BCUT2D eigenvalue weighted by atomic mass is 9.82. The van der Waals surface area contributed by atoms with Gasteiger partial charge in [-0.15, -0.1) is 0 Å². The maximum Gasteiger partial charge on any atom is 0.196 e. The minimum absolute atomic E-state index is 0.0198. The first kappa shape index (κ1) is 32.5. The van der Waals surface area contributed by atoms with Crippen LogP contribution in [-0.2, 0) is 0 Å². The fraction of sp³-hybridized carbons (Fsp3) is 0.520. The highest BCUT2D eigenvalue weighted by Gasteiger charge is 2.35. The smallest absolute Gasteiger partial charge is 0.196 e. The molecule has 0 saturated carbocycles. The second kappa shape index (κ2) is 14.0. The van der Waals surface area contributed by atoms with Crippen molar-refractivity contribution in [2.45, 2.75) is 55.8 Å². The molecule has 1 aliphatic carbocycles. The molecule has 0 bridgehead atoms. The molecule has 0 radical (unpaired) electrons. The minimum Gasteiger partial charge on any atom is -0.394 e. The first-order valence-corrected chi connectivity index (χ1v) is 12.1. The highest BCUT2D eigenvalue weighted by atomic mass is 16.4. The van der Waals surface area contributed by atoms with Crippen LogP contribution in [0.15, 0.2) is 35.9 Å². The average molecular weight is 557 g/mol. The van der Waals surface area contributed by atoms with E-state index < -0.39 is 86.7 Å². The molecule has 39 heavy (non-hydrogen) atoms. The Morgan fingerprint density at radius 2 is 1.05 bits per heavy atom. The van der Waals surface area contributed by atoms with Crippen molar-refractivity contribution in [3.8, 4) is 0 Å². The molecule has 1 aromatic rings. The maximum absolute atomic E-state index is 13.3. The largest absolute Gasteiger partial charge is 0.394 e. The van der Waals surface area contributed by atoms with Gasteiger partial charge in [0.15, 0.2) is 11.6 Å². The third-order valence-electron chi connectivity index (χ3n) is 6.51. The number of carbonyl (C=O) groups excluding carboxylic acids is 2. The number of aliphatic hydroxyl groups is 10. The molecule has 1 aliphatic rings. The summed E-state index contributed by atoms with van der Waals surface area (Å²) in [6.07, 6.45) is -13.0. The van der Waals surface area contributed by atoms with Gasteiger partial charge in [0.1, 0.15) is 36.6 Å². The van der Waals surface area contributed by atoms with Gasteiger partial charge in [0, 0.05) is 35.6 Å². The van der Waals surface area contributed by atoms with Gasteiger partial charge in [0.25, 0.3) is 0 Å². The van der Waals surface area contributed by atoms with Crippen LogP contribution in [0.1, 0.15) is 27.6 Å². The number of nitrogens with one attached hydrogen (secondary N) is 2. The maximum atomic E-state index is 13.3. The normalized spacial score (nSPS) is 19.9. The number of aliphatic hydroxyl groups excluding tert-OH is 10. The fourth-order valence-electron chi connectivity index (χ4n) is 4.03. The predicted molar refractivity (Wildman–Crippen MR) is 137 cm³/mol. The molecule has 0 heterocycles. The van der Waals surface area contributed by atoms with Gasteiger partial charge in [-0.2, -0.15) is 0 Å². The van der Waals surface area contributed by atoms with Crippen LogP contribution < -0.4 is 10.6 Å². The molecule has 14 heteroatoms. The predicted octanol–water partition coefficient (Wildman–Crippen LogP) is -3.74. The van der Waals surface area contributed by atoms with Gasteiger partial charge < -0.3 is 61.7 Å². The van der Waals surface area contributed by atoms with Crippen LogP contribution in [0.5, 0.6) is 0 Å². The standard InChI is InChI=1S/C25H36N2O12/c1-3-11-10(2)20(34)18-12(26-6-14(30)22(36)24(38)16(32)8-28)4-5-13(19(18)21(11)35)27-7-15(31)23(37)25(39)17(33)9-29/h3-5,14-17,22-33,36-39H,1,6-9H2,2H3.